The van der Waals surface area contributed by atoms with Crippen molar-refractivity contribution < 1.29 is 26.3 Å². The number of halogens is 6. The maximum Gasteiger partial charge on any atom is 0.416 e. The SMILES string of the molecule is CC.NCc1cccc(-c2cc(C(F)(F)F)cc(C(F)(F)F)c2)c1. The van der Waals surface area contributed by atoms with E-state index in [4.69, 9.17) is 5.73 Å². The van der Waals surface area contributed by atoms with Gasteiger partial charge in [0.1, 0.15) is 0 Å². The fraction of sp³-hybridized carbons (Fsp3) is 0.294. The van der Waals surface area contributed by atoms with Crippen molar-refractivity contribution >= 4 is 0 Å². The molecule has 0 fully saturated rings. The molecule has 0 bridgehead atoms. The van der Waals surface area contributed by atoms with Gasteiger partial charge in [0, 0.05) is 6.54 Å². The Morgan fingerprint density at radius 1 is 0.750 bits per heavy atom. The van der Waals surface area contributed by atoms with Crippen LogP contribution in [-0.2, 0) is 18.9 Å². The lowest BCUT2D eigenvalue weighted by atomic mass is 9.98. The van der Waals surface area contributed by atoms with Gasteiger partial charge in [0.2, 0.25) is 0 Å². The van der Waals surface area contributed by atoms with Gasteiger partial charge in [-0.2, -0.15) is 26.3 Å². The summed E-state index contributed by atoms with van der Waals surface area (Å²) in [6.07, 6.45) is -9.72. The third-order valence-electron chi connectivity index (χ3n) is 3.08. The number of alkyl halides is 6. The van der Waals surface area contributed by atoms with Crippen molar-refractivity contribution in [2.75, 3.05) is 0 Å². The second-order valence-corrected chi connectivity index (χ2v) is 4.70. The Labute approximate surface area is 136 Å². The minimum Gasteiger partial charge on any atom is -0.326 e. The van der Waals surface area contributed by atoms with Gasteiger partial charge in [-0.3, -0.25) is 0 Å². The first-order chi connectivity index (χ1) is 11.1. The molecule has 2 aromatic carbocycles. The first-order valence-corrected chi connectivity index (χ1v) is 7.20. The summed E-state index contributed by atoms with van der Waals surface area (Å²) in [7, 11) is 0. The van der Waals surface area contributed by atoms with Gasteiger partial charge in [-0.15, -0.1) is 0 Å². The van der Waals surface area contributed by atoms with Gasteiger partial charge in [0.15, 0.2) is 0 Å². The highest BCUT2D eigenvalue weighted by Crippen LogP contribution is 2.38. The minimum absolute atomic E-state index is 0.107. The van der Waals surface area contributed by atoms with Crippen LogP contribution in [0.1, 0.15) is 30.5 Å². The molecule has 0 saturated heterocycles. The maximum absolute atomic E-state index is 12.8. The second-order valence-electron chi connectivity index (χ2n) is 4.70. The molecule has 1 nitrogen and oxygen atoms in total. The number of rotatable bonds is 2. The van der Waals surface area contributed by atoms with Gasteiger partial charge in [-0.05, 0) is 41.0 Å². The summed E-state index contributed by atoms with van der Waals surface area (Å²) in [4.78, 5) is 0. The van der Waals surface area contributed by atoms with Crippen LogP contribution in [0.25, 0.3) is 11.1 Å². The van der Waals surface area contributed by atoms with Crippen molar-refractivity contribution in [3.8, 4) is 11.1 Å². The summed E-state index contributed by atoms with van der Waals surface area (Å²) in [5, 5.41) is 0. The van der Waals surface area contributed by atoms with E-state index in [0.29, 0.717) is 17.7 Å². The molecule has 0 radical (unpaired) electrons. The van der Waals surface area contributed by atoms with Crippen LogP contribution in [0.2, 0.25) is 0 Å². The van der Waals surface area contributed by atoms with E-state index < -0.39 is 23.5 Å². The highest BCUT2D eigenvalue weighted by molar-refractivity contribution is 5.66. The van der Waals surface area contributed by atoms with Gasteiger partial charge < -0.3 is 5.73 Å². The highest BCUT2D eigenvalue weighted by atomic mass is 19.4. The molecule has 7 heteroatoms. The molecule has 0 aliphatic carbocycles. The monoisotopic (exact) mass is 349 g/mol. The van der Waals surface area contributed by atoms with Gasteiger partial charge >= 0.3 is 12.4 Å². The molecule has 0 aliphatic heterocycles. The molecule has 0 unspecified atom stereocenters. The van der Waals surface area contributed by atoms with Crippen LogP contribution in [0, 0.1) is 0 Å². The Hall–Kier alpha value is -2.02. The minimum atomic E-state index is -4.86. The summed E-state index contributed by atoms with van der Waals surface area (Å²) < 4.78 is 76.9. The lowest BCUT2D eigenvalue weighted by Gasteiger charge is -2.14. The highest BCUT2D eigenvalue weighted by Gasteiger charge is 2.36. The number of benzene rings is 2. The molecule has 0 saturated carbocycles. The maximum atomic E-state index is 12.8. The standard InChI is InChI=1S/C15H11F6N.C2H6/c16-14(17,18)12-5-11(6-13(7-12)15(19,20)21)10-3-1-2-9(4-10)8-22;1-2/h1-7H,8,22H2;1-2H3. The summed E-state index contributed by atoms with van der Waals surface area (Å²) in [6.45, 7) is 4.14. The van der Waals surface area contributed by atoms with Gasteiger partial charge in [-0.1, -0.05) is 32.0 Å². The van der Waals surface area contributed by atoms with Crippen LogP contribution in [-0.4, -0.2) is 0 Å². The molecular formula is C17H17F6N. The van der Waals surface area contributed by atoms with E-state index in [9.17, 15) is 26.3 Å². The van der Waals surface area contributed by atoms with Crippen molar-refractivity contribution in [3.05, 3.63) is 59.2 Å². The van der Waals surface area contributed by atoms with Crippen LogP contribution in [0.3, 0.4) is 0 Å². The van der Waals surface area contributed by atoms with Crippen LogP contribution in [0.4, 0.5) is 26.3 Å². The van der Waals surface area contributed by atoms with Crippen molar-refractivity contribution in [1.29, 1.82) is 0 Å². The van der Waals surface area contributed by atoms with Crippen LogP contribution >= 0.6 is 0 Å². The van der Waals surface area contributed by atoms with E-state index in [2.05, 4.69) is 0 Å². The zero-order valence-corrected chi connectivity index (χ0v) is 13.1. The molecule has 132 valence electrons. The van der Waals surface area contributed by atoms with Gasteiger partial charge in [0.05, 0.1) is 11.1 Å². The topological polar surface area (TPSA) is 26.0 Å². The van der Waals surface area contributed by atoms with Crippen molar-refractivity contribution in [2.45, 2.75) is 32.7 Å². The molecule has 2 rings (SSSR count). The zero-order chi connectivity index (χ0) is 18.5. The first kappa shape index (κ1) is 20.0. The lowest BCUT2D eigenvalue weighted by molar-refractivity contribution is -0.143. The molecular weight excluding hydrogens is 332 g/mol. The van der Waals surface area contributed by atoms with E-state index in [1.54, 1.807) is 6.07 Å². The largest absolute Gasteiger partial charge is 0.416 e. The second kappa shape index (κ2) is 7.70. The van der Waals surface area contributed by atoms with Gasteiger partial charge in [-0.25, -0.2) is 0 Å². The molecule has 0 aromatic heterocycles. The Morgan fingerprint density at radius 3 is 1.67 bits per heavy atom. The van der Waals surface area contributed by atoms with Crippen molar-refractivity contribution in [2.24, 2.45) is 5.73 Å². The fourth-order valence-corrected chi connectivity index (χ4v) is 2.00. The first-order valence-electron chi connectivity index (χ1n) is 7.20. The summed E-state index contributed by atoms with van der Waals surface area (Å²) >= 11 is 0. The third kappa shape index (κ3) is 4.99. The molecule has 0 aliphatic rings. The smallest absolute Gasteiger partial charge is 0.326 e. The zero-order valence-electron chi connectivity index (χ0n) is 13.1. The summed E-state index contributed by atoms with van der Waals surface area (Å²) in [5.41, 5.74) is 3.47. The molecule has 0 heterocycles. The molecule has 24 heavy (non-hydrogen) atoms. The molecule has 0 spiro atoms. The van der Waals surface area contributed by atoms with E-state index in [1.165, 1.54) is 18.2 Å². The van der Waals surface area contributed by atoms with E-state index in [-0.39, 0.29) is 23.7 Å². The predicted octanol–water partition coefficient (Wildman–Crippen LogP) is 5.88. The Balaban J connectivity index is 0.00000139. The average molecular weight is 349 g/mol. The number of hydrogen-bond donors (Lipinski definition) is 1. The Morgan fingerprint density at radius 2 is 1.25 bits per heavy atom. The number of hydrogen-bond acceptors (Lipinski definition) is 1. The molecule has 2 aromatic rings. The van der Waals surface area contributed by atoms with Gasteiger partial charge in [0.25, 0.3) is 0 Å². The normalized spacial score (nSPS) is 11.7. The number of nitrogens with two attached hydrogens (primary N) is 1. The predicted molar refractivity (Wildman–Crippen MR) is 81.1 cm³/mol. The molecule has 2 N–H and O–H groups in total. The van der Waals surface area contributed by atoms with E-state index >= 15 is 0 Å². The van der Waals surface area contributed by atoms with E-state index in [1.807, 2.05) is 13.8 Å². The molecule has 0 atom stereocenters. The Bertz CT molecular complexity index is 641. The van der Waals surface area contributed by atoms with Crippen LogP contribution in [0.5, 0.6) is 0 Å². The van der Waals surface area contributed by atoms with Crippen LogP contribution in [0.15, 0.2) is 42.5 Å². The molecule has 0 amide bonds. The average Bonchev–Trinajstić information content (AvgIpc) is 2.55. The lowest BCUT2D eigenvalue weighted by Crippen LogP contribution is -2.11. The van der Waals surface area contributed by atoms with Crippen molar-refractivity contribution in [1.82, 2.24) is 0 Å². The van der Waals surface area contributed by atoms with Crippen molar-refractivity contribution in [3.63, 3.8) is 0 Å². The fourth-order valence-electron chi connectivity index (χ4n) is 2.00. The summed E-state index contributed by atoms with van der Waals surface area (Å²) in [5.74, 6) is 0. The van der Waals surface area contributed by atoms with Crippen LogP contribution < -0.4 is 5.73 Å². The summed E-state index contributed by atoms with van der Waals surface area (Å²) in [6, 6.07) is 7.59. The Kier molecular flexibility index (Phi) is 6.42. The third-order valence-corrected chi connectivity index (χ3v) is 3.08. The van der Waals surface area contributed by atoms with E-state index in [0.717, 1.165) is 0 Å². The quantitative estimate of drug-likeness (QED) is 0.674.